The minimum absolute atomic E-state index is 0.0243. The van der Waals surface area contributed by atoms with Gasteiger partial charge >= 0.3 is 18.3 Å². The number of piperazine rings is 1. The van der Waals surface area contributed by atoms with Gasteiger partial charge in [-0.25, -0.2) is 4.79 Å². The van der Waals surface area contributed by atoms with Gasteiger partial charge in [0.25, 0.3) is 5.91 Å². The van der Waals surface area contributed by atoms with Gasteiger partial charge in [0, 0.05) is 66.1 Å². The van der Waals surface area contributed by atoms with Crippen LogP contribution in [0.25, 0.3) is 39.5 Å². The molecule has 3 N–H and O–H groups in total. The number of carbonyl (C=O) groups excluding carboxylic acids is 1. The summed E-state index contributed by atoms with van der Waals surface area (Å²) in [4.78, 5) is 46.0. The Labute approximate surface area is 379 Å². The molecule has 20 heteroatoms. The molecule has 0 unspecified atom stereocenters. The Hall–Kier alpha value is -7.28. The molecule has 3 heterocycles. The molecule has 1 amide bonds. The van der Waals surface area contributed by atoms with Gasteiger partial charge in [-0.15, -0.1) is 0 Å². The maximum atomic E-state index is 13.6. The molecule has 1 saturated heterocycles. The molecule has 4 aromatic rings. The van der Waals surface area contributed by atoms with E-state index >= 15 is 0 Å². The van der Waals surface area contributed by atoms with Crippen molar-refractivity contribution in [2.75, 3.05) is 38.6 Å². The Bertz CT molecular complexity index is 3080. The number of nitrogens with zero attached hydrogens (tertiary/aromatic N) is 3. The van der Waals surface area contributed by atoms with Crippen molar-refractivity contribution in [3.05, 3.63) is 140 Å². The first kappa shape index (κ1) is 45.3. The number of aliphatic imine (C=N–C) groups is 1. The molecule has 0 atom stereocenters. The highest BCUT2D eigenvalue weighted by molar-refractivity contribution is 8.18. The highest BCUT2D eigenvalue weighted by Gasteiger charge is 2.38. The summed E-state index contributed by atoms with van der Waals surface area (Å²) in [5.41, 5.74) is 1.67. The van der Waals surface area contributed by atoms with E-state index in [1.54, 1.807) is 24.3 Å². The monoisotopic (exact) mass is 946 g/mol. The number of phenolic OH excluding ortho intramolecular Hbond substituents is 1. The molecule has 0 aromatic heterocycles. The Balaban J connectivity index is 0.903. The predicted octanol–water partition coefficient (Wildman–Crippen LogP) is 9.73. The summed E-state index contributed by atoms with van der Waals surface area (Å²) in [6, 6.07) is 19.2. The summed E-state index contributed by atoms with van der Waals surface area (Å²) in [6.07, 6.45) is -8.54. The number of alkyl halides is 6. The molecule has 0 bridgehead atoms. The molecule has 1 fully saturated rings. The zero-order chi connectivity index (χ0) is 47.1. The number of aromatic carboxylic acids is 1. The van der Waals surface area contributed by atoms with E-state index in [9.17, 15) is 50.9 Å². The van der Waals surface area contributed by atoms with Crippen LogP contribution in [0.2, 0.25) is 0 Å². The lowest BCUT2D eigenvalue weighted by Gasteiger charge is -2.36. The Kier molecular flexibility index (Phi) is 12.3. The Morgan fingerprint density at radius 3 is 2.38 bits per heavy atom. The van der Waals surface area contributed by atoms with Crippen molar-refractivity contribution >= 4 is 68.9 Å². The van der Waals surface area contributed by atoms with E-state index in [0.717, 1.165) is 17.8 Å². The summed E-state index contributed by atoms with van der Waals surface area (Å²) >= 11 is 6.83. The number of benzene rings is 5. The quantitative estimate of drug-likeness (QED) is 0.0437. The summed E-state index contributed by atoms with van der Waals surface area (Å²) in [5, 5.41) is 24.9. The first-order valence-corrected chi connectivity index (χ1v) is 20.8. The lowest BCUT2D eigenvalue weighted by molar-refractivity contribution is -0.143. The van der Waals surface area contributed by atoms with Crippen LogP contribution in [0.15, 0.2) is 116 Å². The van der Waals surface area contributed by atoms with Crippen LogP contribution in [-0.4, -0.2) is 75.5 Å². The summed E-state index contributed by atoms with van der Waals surface area (Å²) in [6.45, 7) is 1.04. The largest absolute Gasteiger partial charge is 0.508 e. The summed E-state index contributed by atoms with van der Waals surface area (Å²) < 4.78 is 97.0. The summed E-state index contributed by atoms with van der Waals surface area (Å²) in [7, 11) is 1.30. The zero-order valence-corrected chi connectivity index (χ0v) is 35.7. The van der Waals surface area contributed by atoms with Crippen LogP contribution in [0.4, 0.5) is 32.0 Å². The van der Waals surface area contributed by atoms with Crippen LogP contribution in [0.5, 0.6) is 17.2 Å². The van der Waals surface area contributed by atoms with Gasteiger partial charge in [-0.1, -0.05) is 23.9 Å². The van der Waals surface area contributed by atoms with Crippen molar-refractivity contribution in [3.8, 4) is 39.7 Å². The highest BCUT2D eigenvalue weighted by atomic mass is 32.2. The number of amidine groups is 1. The molecular weight excluding hydrogens is 915 g/mol. The third kappa shape index (κ3) is 9.56. The second kappa shape index (κ2) is 17.9. The smallest absolute Gasteiger partial charge is 0.416 e. The highest BCUT2D eigenvalue weighted by Crippen LogP contribution is 2.43. The van der Waals surface area contributed by atoms with Crippen LogP contribution in [-0.2, 0) is 23.8 Å². The fourth-order valence-electron chi connectivity index (χ4n) is 7.33. The number of nitrogens with one attached hydrogen (secondary N) is 1. The number of carbonyl (C=O) groups is 2. The molecule has 1 aliphatic carbocycles. The Morgan fingerprint density at radius 2 is 1.67 bits per heavy atom. The van der Waals surface area contributed by atoms with Crippen LogP contribution in [0, 0.1) is 0 Å². The van der Waals surface area contributed by atoms with Crippen LogP contribution in [0.1, 0.15) is 32.6 Å². The number of thiocarbonyl (C=S) groups is 1. The predicted molar refractivity (Wildman–Crippen MR) is 238 cm³/mol. The maximum absolute atomic E-state index is 13.6. The van der Waals surface area contributed by atoms with Gasteiger partial charge in [-0.05, 0) is 102 Å². The van der Waals surface area contributed by atoms with Gasteiger partial charge in [0.05, 0.1) is 23.8 Å². The lowest BCUT2D eigenvalue weighted by atomic mass is 9.90. The number of methoxy groups -OCH3 is 1. The number of amides is 1. The van der Waals surface area contributed by atoms with Gasteiger partial charge in [-0.2, -0.15) is 31.3 Å². The molecule has 66 heavy (non-hydrogen) atoms. The molecular formula is C46H32F6N4O8S2. The molecule has 4 aromatic carbocycles. The first-order valence-electron chi connectivity index (χ1n) is 19.6. The molecule has 0 saturated carbocycles. The minimum Gasteiger partial charge on any atom is -0.508 e. The third-order valence-electron chi connectivity index (χ3n) is 10.6. The van der Waals surface area contributed by atoms with Crippen molar-refractivity contribution < 1.29 is 60.0 Å². The van der Waals surface area contributed by atoms with Crippen molar-refractivity contribution in [1.82, 2.24) is 9.80 Å². The van der Waals surface area contributed by atoms with Crippen LogP contribution < -0.4 is 20.2 Å². The number of aromatic hydroxyl groups is 1. The molecule has 4 aliphatic rings. The number of ether oxygens (including phenoxy) is 2. The molecule has 8 rings (SSSR count). The topological polar surface area (TPSA) is 154 Å². The molecule has 12 nitrogen and oxygen atoms in total. The zero-order valence-electron chi connectivity index (χ0n) is 34.0. The number of hydrogen-bond donors (Lipinski definition) is 3. The minimum atomic E-state index is -5.06. The van der Waals surface area contributed by atoms with Gasteiger partial charge in [0.1, 0.15) is 28.6 Å². The van der Waals surface area contributed by atoms with Crippen molar-refractivity contribution in [1.29, 1.82) is 0 Å². The van der Waals surface area contributed by atoms with E-state index in [1.807, 2.05) is 9.80 Å². The van der Waals surface area contributed by atoms with Crippen molar-refractivity contribution in [2.24, 2.45) is 4.99 Å². The average molecular weight is 947 g/mol. The molecule has 0 radical (unpaired) electrons. The number of hydrogen-bond acceptors (Lipinski definition) is 10. The fraction of sp³-hybridized carbons (Fsp3) is 0.174. The van der Waals surface area contributed by atoms with E-state index in [4.69, 9.17) is 26.1 Å². The number of halogens is 6. The van der Waals surface area contributed by atoms with E-state index < -0.39 is 47.5 Å². The van der Waals surface area contributed by atoms with Gasteiger partial charge in [0.15, 0.2) is 27.2 Å². The van der Waals surface area contributed by atoms with Gasteiger partial charge < -0.3 is 39.2 Å². The van der Waals surface area contributed by atoms with E-state index in [1.165, 1.54) is 61.7 Å². The average Bonchev–Trinajstić information content (AvgIpc) is 3.65. The number of phenols is 1. The Morgan fingerprint density at radius 1 is 0.909 bits per heavy atom. The standard InChI is InChI=1S/C46H32F6N4O8S2/c1-62-38-18-24(2-12-35(38)63-23-25-4-5-26(45(47,48)49)19-34(25)46(50,51)52)3-13-39-41(59)54-44(66-39)56-16-14-55(15-17-56)43(65)53-27-6-9-30(33(20-27)42(60)61)40-31-10-7-28(57)21-36(31)64-37-22-29(58)8-11-32(37)40/h2-12,18-22,57H,14-17,23H2,1H3,(H,53,65)(H,60,61). The van der Waals surface area contributed by atoms with Gasteiger partial charge in [-0.3, -0.25) is 9.59 Å². The fourth-order valence-corrected chi connectivity index (χ4v) is 8.51. The SMILES string of the molecule is COc1cc(C=C=C2SC(N3CCN(C(=S)Nc4ccc(-c5c6ccc(=O)cc-6oc6cc(O)ccc56)c(C(=O)O)c4)CC3)=NC2=O)ccc1OCc1ccc(C(F)(F)F)cc1C(F)(F)F. The van der Waals surface area contributed by atoms with Crippen molar-refractivity contribution in [3.63, 3.8) is 0 Å². The number of thioether (sulfide) groups is 1. The number of rotatable bonds is 8. The van der Waals surface area contributed by atoms with Crippen LogP contribution in [0.3, 0.4) is 0 Å². The number of carboxylic acid groups (broad SMARTS) is 1. The first-order chi connectivity index (χ1) is 31.4. The summed E-state index contributed by atoms with van der Waals surface area (Å²) in [5.74, 6) is -1.45. The number of carboxylic acids is 1. The normalized spacial score (nSPS) is 14.3. The molecule has 3 aliphatic heterocycles. The second-order valence-electron chi connectivity index (χ2n) is 14.8. The van der Waals surface area contributed by atoms with Crippen LogP contribution >= 0.6 is 24.0 Å². The van der Waals surface area contributed by atoms with E-state index in [0.29, 0.717) is 75.9 Å². The second-order valence-corrected chi connectivity index (χ2v) is 16.1. The number of anilines is 1. The third-order valence-corrected chi connectivity index (χ3v) is 11.9. The number of fused-ring (bicyclic) bond motifs is 2. The maximum Gasteiger partial charge on any atom is 0.416 e. The van der Waals surface area contributed by atoms with Gasteiger partial charge in [0.2, 0.25) is 0 Å². The van der Waals surface area contributed by atoms with E-state index in [-0.39, 0.29) is 50.6 Å². The van der Waals surface area contributed by atoms with Crippen molar-refractivity contribution in [2.45, 2.75) is 19.0 Å². The molecule has 338 valence electrons. The molecule has 0 spiro atoms. The van der Waals surface area contributed by atoms with E-state index in [2.05, 4.69) is 16.0 Å². The lowest BCUT2D eigenvalue weighted by Crippen LogP contribution is -2.50.